The van der Waals surface area contributed by atoms with Gasteiger partial charge < -0.3 is 14.6 Å². The van der Waals surface area contributed by atoms with Crippen molar-refractivity contribution in [1.82, 2.24) is 4.90 Å². The number of methoxy groups -OCH3 is 1. The summed E-state index contributed by atoms with van der Waals surface area (Å²) in [7, 11) is 1.78. The van der Waals surface area contributed by atoms with Crippen LogP contribution in [0, 0.1) is 0 Å². The summed E-state index contributed by atoms with van der Waals surface area (Å²) >= 11 is 0. The lowest BCUT2D eigenvalue weighted by Gasteiger charge is -2.48. The molecule has 2 fully saturated rings. The van der Waals surface area contributed by atoms with Gasteiger partial charge in [-0.15, -0.1) is 0 Å². The van der Waals surface area contributed by atoms with Gasteiger partial charge >= 0.3 is 5.97 Å². The van der Waals surface area contributed by atoms with E-state index in [2.05, 4.69) is 4.90 Å². The van der Waals surface area contributed by atoms with E-state index in [1.807, 2.05) is 12.1 Å². The van der Waals surface area contributed by atoms with Crippen LogP contribution in [0.1, 0.15) is 41.6 Å². The quantitative estimate of drug-likeness (QED) is 0.924. The molecule has 0 aliphatic carbocycles. The van der Waals surface area contributed by atoms with Gasteiger partial charge in [0.25, 0.3) is 0 Å². The first-order chi connectivity index (χ1) is 11.1. The maximum Gasteiger partial charge on any atom is 0.335 e. The fourth-order valence-corrected chi connectivity index (χ4v) is 3.85. The van der Waals surface area contributed by atoms with Crippen LogP contribution in [0.4, 0.5) is 0 Å². The number of hydrogen-bond donors (Lipinski definition) is 1. The Morgan fingerprint density at radius 1 is 1.43 bits per heavy atom. The maximum absolute atomic E-state index is 11.1. The molecule has 5 heteroatoms. The van der Waals surface area contributed by atoms with Crippen LogP contribution in [0.5, 0.6) is 0 Å². The highest BCUT2D eigenvalue weighted by atomic mass is 16.5. The van der Waals surface area contributed by atoms with Gasteiger partial charge in [-0.1, -0.05) is 12.1 Å². The van der Waals surface area contributed by atoms with Crippen molar-refractivity contribution < 1.29 is 19.4 Å². The molecule has 0 amide bonds. The minimum atomic E-state index is -0.872. The van der Waals surface area contributed by atoms with E-state index < -0.39 is 5.97 Å². The van der Waals surface area contributed by atoms with E-state index in [0.717, 1.165) is 57.5 Å². The Labute approximate surface area is 137 Å². The Bertz CT molecular complexity index is 552. The fourth-order valence-electron chi connectivity index (χ4n) is 3.85. The minimum absolute atomic E-state index is 0.119. The molecular formula is C18H25NO4. The average Bonchev–Trinajstić information content (AvgIpc) is 2.58. The molecule has 1 N–H and O–H groups in total. The molecule has 5 nitrogen and oxygen atoms in total. The Balaban J connectivity index is 1.61. The third-order valence-electron chi connectivity index (χ3n) is 5.15. The minimum Gasteiger partial charge on any atom is -0.478 e. The van der Waals surface area contributed by atoms with Gasteiger partial charge in [-0.25, -0.2) is 4.79 Å². The van der Waals surface area contributed by atoms with Crippen LogP contribution in [0.2, 0.25) is 0 Å². The number of rotatable bonds is 4. The van der Waals surface area contributed by atoms with Crippen molar-refractivity contribution in [2.45, 2.75) is 43.9 Å². The predicted octanol–water partition coefficient (Wildman–Crippen LogP) is 2.54. The first-order valence-corrected chi connectivity index (χ1v) is 8.34. The summed E-state index contributed by atoms with van der Waals surface area (Å²) in [4.78, 5) is 13.4. The van der Waals surface area contributed by atoms with Gasteiger partial charge in [-0.05, 0) is 43.4 Å². The molecule has 23 heavy (non-hydrogen) atoms. The molecule has 2 aliphatic heterocycles. The van der Waals surface area contributed by atoms with Crippen molar-refractivity contribution in [3.05, 3.63) is 35.4 Å². The summed E-state index contributed by atoms with van der Waals surface area (Å²) in [5, 5.41) is 9.09. The van der Waals surface area contributed by atoms with Gasteiger partial charge in [0, 0.05) is 33.4 Å². The van der Waals surface area contributed by atoms with Gasteiger partial charge in [-0.3, -0.25) is 4.90 Å². The number of carboxylic acids is 1. The molecule has 0 radical (unpaired) electrons. The highest BCUT2D eigenvalue weighted by Crippen LogP contribution is 2.37. The molecule has 2 saturated heterocycles. The van der Waals surface area contributed by atoms with Crippen LogP contribution in [0.25, 0.3) is 0 Å². The van der Waals surface area contributed by atoms with E-state index in [1.54, 1.807) is 19.2 Å². The zero-order chi connectivity index (χ0) is 16.3. The predicted molar refractivity (Wildman–Crippen MR) is 86.6 cm³/mol. The number of ether oxygens (including phenoxy) is 2. The van der Waals surface area contributed by atoms with Crippen LogP contribution in [-0.4, -0.2) is 54.5 Å². The molecule has 1 spiro atoms. The Hall–Kier alpha value is -1.43. The number of benzene rings is 1. The highest BCUT2D eigenvalue weighted by Gasteiger charge is 2.44. The van der Waals surface area contributed by atoms with Crippen LogP contribution in [-0.2, 0) is 16.0 Å². The molecular weight excluding hydrogens is 294 g/mol. The average molecular weight is 319 g/mol. The van der Waals surface area contributed by atoms with E-state index in [4.69, 9.17) is 14.6 Å². The number of hydrogen-bond acceptors (Lipinski definition) is 4. The molecule has 3 rings (SSSR count). The molecule has 1 aromatic rings. The first kappa shape index (κ1) is 16.4. The van der Waals surface area contributed by atoms with E-state index in [1.165, 1.54) is 0 Å². The van der Waals surface area contributed by atoms with Gasteiger partial charge in [-0.2, -0.15) is 0 Å². The zero-order valence-electron chi connectivity index (χ0n) is 13.7. The summed E-state index contributed by atoms with van der Waals surface area (Å²) in [5.74, 6) is -0.872. The van der Waals surface area contributed by atoms with E-state index in [-0.39, 0.29) is 11.7 Å². The third kappa shape index (κ3) is 3.57. The van der Waals surface area contributed by atoms with E-state index in [9.17, 15) is 4.79 Å². The number of carbonyl (C=O) groups is 1. The summed E-state index contributed by atoms with van der Waals surface area (Å²) in [6.07, 6.45) is 4.31. The fraction of sp³-hybridized carbons (Fsp3) is 0.611. The lowest BCUT2D eigenvalue weighted by atomic mass is 9.81. The first-order valence-electron chi connectivity index (χ1n) is 8.34. The second-order valence-electron chi connectivity index (χ2n) is 6.56. The molecule has 0 bridgehead atoms. The Morgan fingerprint density at radius 2 is 2.22 bits per heavy atom. The zero-order valence-corrected chi connectivity index (χ0v) is 13.7. The van der Waals surface area contributed by atoms with Crippen molar-refractivity contribution in [3.63, 3.8) is 0 Å². The number of aromatic carboxylic acids is 1. The van der Waals surface area contributed by atoms with Crippen molar-refractivity contribution in [2.75, 3.05) is 26.8 Å². The lowest BCUT2D eigenvalue weighted by Crippen LogP contribution is -2.55. The molecule has 1 aromatic carbocycles. The van der Waals surface area contributed by atoms with Crippen LogP contribution in [0.3, 0.4) is 0 Å². The van der Waals surface area contributed by atoms with Crippen molar-refractivity contribution in [1.29, 1.82) is 0 Å². The third-order valence-corrected chi connectivity index (χ3v) is 5.15. The largest absolute Gasteiger partial charge is 0.478 e. The van der Waals surface area contributed by atoms with Crippen molar-refractivity contribution >= 4 is 5.97 Å². The van der Waals surface area contributed by atoms with Gasteiger partial charge in [0.15, 0.2) is 0 Å². The Kier molecular flexibility index (Phi) is 4.99. The smallest absolute Gasteiger partial charge is 0.335 e. The van der Waals surface area contributed by atoms with Crippen LogP contribution in [0.15, 0.2) is 24.3 Å². The number of nitrogens with zero attached hydrogens (tertiary/aromatic N) is 1. The monoisotopic (exact) mass is 319 g/mol. The maximum atomic E-state index is 11.1. The van der Waals surface area contributed by atoms with Gasteiger partial charge in [0.05, 0.1) is 17.3 Å². The Morgan fingerprint density at radius 3 is 2.91 bits per heavy atom. The summed E-state index contributed by atoms with van der Waals surface area (Å²) in [5.41, 5.74) is 1.28. The normalized spacial score (nSPS) is 24.7. The second-order valence-corrected chi connectivity index (χ2v) is 6.56. The second kappa shape index (κ2) is 6.99. The summed E-state index contributed by atoms with van der Waals surface area (Å²) < 4.78 is 11.8. The summed E-state index contributed by atoms with van der Waals surface area (Å²) in [6.45, 7) is 3.53. The summed E-state index contributed by atoms with van der Waals surface area (Å²) in [6, 6.07) is 7.21. The SMILES string of the molecule is CO[C@H]1CCCOC12CCN(Cc1cccc(C(=O)O)c1)CC2. The lowest BCUT2D eigenvalue weighted by molar-refractivity contribution is -0.186. The topological polar surface area (TPSA) is 59.0 Å². The molecule has 0 unspecified atom stereocenters. The molecule has 2 heterocycles. The molecule has 1 atom stereocenters. The van der Waals surface area contributed by atoms with Crippen molar-refractivity contribution in [3.8, 4) is 0 Å². The van der Waals surface area contributed by atoms with E-state index >= 15 is 0 Å². The molecule has 126 valence electrons. The molecule has 0 aromatic heterocycles. The standard InChI is InChI=1S/C18H25NO4/c1-22-16-6-3-11-23-18(16)7-9-19(10-8-18)13-14-4-2-5-15(12-14)17(20)21/h2,4-5,12,16H,3,6-11,13H2,1H3,(H,20,21)/t16-/m0/s1. The number of carboxylic acid groups (broad SMARTS) is 1. The molecule has 2 aliphatic rings. The number of likely N-dealkylation sites (tertiary alicyclic amines) is 1. The van der Waals surface area contributed by atoms with Crippen LogP contribution < -0.4 is 0 Å². The molecule has 0 saturated carbocycles. The highest BCUT2D eigenvalue weighted by molar-refractivity contribution is 5.87. The van der Waals surface area contributed by atoms with Crippen LogP contribution >= 0.6 is 0 Å². The van der Waals surface area contributed by atoms with Gasteiger partial charge in [0.1, 0.15) is 0 Å². The number of piperidine rings is 1. The van der Waals surface area contributed by atoms with Gasteiger partial charge in [0.2, 0.25) is 0 Å². The van der Waals surface area contributed by atoms with E-state index in [0.29, 0.717) is 5.56 Å². The van der Waals surface area contributed by atoms with Crippen molar-refractivity contribution in [2.24, 2.45) is 0 Å².